The Bertz CT molecular complexity index is 668. The maximum absolute atomic E-state index is 13.0. The van der Waals surface area contributed by atoms with Gasteiger partial charge in [-0.3, -0.25) is 4.79 Å². The first-order chi connectivity index (χ1) is 9.38. The molecule has 7 heteroatoms. The highest BCUT2D eigenvalue weighted by molar-refractivity contribution is 6.40. The van der Waals surface area contributed by atoms with Gasteiger partial charge in [-0.25, -0.2) is 4.39 Å². The van der Waals surface area contributed by atoms with Gasteiger partial charge in [-0.05, 0) is 30.3 Å². The van der Waals surface area contributed by atoms with Crippen LogP contribution in [0.2, 0.25) is 15.1 Å². The van der Waals surface area contributed by atoms with Crippen molar-refractivity contribution in [1.29, 1.82) is 0 Å². The highest BCUT2D eigenvalue weighted by Gasteiger charge is 2.16. The maximum atomic E-state index is 13.0. The quantitative estimate of drug-likeness (QED) is 0.833. The molecule has 0 unspecified atom stereocenters. The van der Waals surface area contributed by atoms with Crippen LogP contribution in [0.15, 0.2) is 30.3 Å². The molecule has 0 bridgehead atoms. The zero-order chi connectivity index (χ0) is 14.9. The molecule has 0 saturated carbocycles. The molecule has 0 aliphatic carbocycles. The van der Waals surface area contributed by atoms with Crippen molar-refractivity contribution in [2.75, 3.05) is 5.32 Å². The summed E-state index contributed by atoms with van der Waals surface area (Å²) in [7, 11) is 0. The second kappa shape index (κ2) is 5.87. The van der Waals surface area contributed by atoms with Gasteiger partial charge in [0, 0.05) is 5.02 Å². The molecule has 0 fully saturated rings. The van der Waals surface area contributed by atoms with E-state index in [-0.39, 0.29) is 32.1 Å². The number of phenolic OH excluding ortho intramolecular Hbond substituents is 1. The molecule has 3 nitrogen and oxygen atoms in total. The fraction of sp³-hybridized carbons (Fsp3) is 0. The van der Waals surface area contributed by atoms with E-state index in [1.54, 1.807) is 0 Å². The zero-order valence-electron chi connectivity index (χ0n) is 9.75. The normalized spacial score (nSPS) is 10.4. The van der Waals surface area contributed by atoms with Crippen molar-refractivity contribution in [1.82, 2.24) is 0 Å². The number of benzene rings is 2. The molecule has 0 aliphatic rings. The SMILES string of the molecule is O=C(Nc1c(Cl)cc(F)cc1Cl)c1ccc(Cl)cc1O. The molecule has 0 spiro atoms. The first kappa shape index (κ1) is 14.9. The van der Waals surface area contributed by atoms with Gasteiger partial charge in [0.25, 0.3) is 5.91 Å². The summed E-state index contributed by atoms with van der Waals surface area (Å²) < 4.78 is 13.0. The van der Waals surface area contributed by atoms with Crippen LogP contribution in [0, 0.1) is 5.82 Å². The van der Waals surface area contributed by atoms with E-state index in [4.69, 9.17) is 34.8 Å². The minimum atomic E-state index is -0.644. The molecule has 2 aromatic rings. The van der Waals surface area contributed by atoms with Crippen molar-refractivity contribution < 1.29 is 14.3 Å². The van der Waals surface area contributed by atoms with Gasteiger partial charge in [0.05, 0.1) is 21.3 Å². The molecule has 0 aromatic heterocycles. The van der Waals surface area contributed by atoms with Crippen LogP contribution in [-0.4, -0.2) is 11.0 Å². The molecule has 2 N–H and O–H groups in total. The van der Waals surface area contributed by atoms with Crippen LogP contribution in [0.4, 0.5) is 10.1 Å². The molecule has 0 radical (unpaired) electrons. The predicted octanol–water partition coefficient (Wildman–Crippen LogP) is 4.74. The molecule has 0 saturated heterocycles. The molecule has 20 heavy (non-hydrogen) atoms. The van der Waals surface area contributed by atoms with E-state index in [1.165, 1.54) is 18.2 Å². The number of hydrogen-bond acceptors (Lipinski definition) is 2. The third-order valence-corrected chi connectivity index (χ3v) is 3.28. The van der Waals surface area contributed by atoms with Crippen molar-refractivity contribution >= 4 is 46.4 Å². The molecule has 2 aromatic carbocycles. The Morgan fingerprint density at radius 1 is 1.10 bits per heavy atom. The molecule has 104 valence electrons. The van der Waals surface area contributed by atoms with Gasteiger partial charge in [-0.1, -0.05) is 34.8 Å². The fourth-order valence-electron chi connectivity index (χ4n) is 1.54. The standard InChI is InChI=1S/C13H7Cl3FNO2/c14-6-1-2-8(11(19)3-6)13(20)18-12-9(15)4-7(17)5-10(12)16/h1-5,19H,(H,18,20). The minimum Gasteiger partial charge on any atom is -0.507 e. The second-order valence-corrected chi connectivity index (χ2v) is 5.11. The lowest BCUT2D eigenvalue weighted by molar-refractivity contribution is 0.102. The largest absolute Gasteiger partial charge is 0.507 e. The summed E-state index contributed by atoms with van der Waals surface area (Å²) in [5.41, 5.74) is 0.0555. The Labute approximate surface area is 128 Å². The van der Waals surface area contributed by atoms with Gasteiger partial charge in [0.1, 0.15) is 11.6 Å². The highest BCUT2D eigenvalue weighted by atomic mass is 35.5. The third kappa shape index (κ3) is 3.15. The Balaban J connectivity index is 2.33. The number of amides is 1. The molecular formula is C13H7Cl3FNO2. The van der Waals surface area contributed by atoms with Crippen molar-refractivity contribution in [3.63, 3.8) is 0 Å². The topological polar surface area (TPSA) is 49.3 Å². The van der Waals surface area contributed by atoms with E-state index in [0.29, 0.717) is 0 Å². The van der Waals surface area contributed by atoms with E-state index >= 15 is 0 Å². The number of phenols is 1. The van der Waals surface area contributed by atoms with Gasteiger partial charge in [-0.15, -0.1) is 0 Å². The van der Waals surface area contributed by atoms with E-state index in [0.717, 1.165) is 12.1 Å². The van der Waals surface area contributed by atoms with Gasteiger partial charge >= 0.3 is 0 Å². The number of anilines is 1. The summed E-state index contributed by atoms with van der Waals surface area (Å²) in [6.07, 6.45) is 0. The van der Waals surface area contributed by atoms with Crippen molar-refractivity contribution in [2.24, 2.45) is 0 Å². The fourth-order valence-corrected chi connectivity index (χ4v) is 2.26. The number of carbonyl (C=O) groups excluding carboxylic acids is 1. The first-order valence-corrected chi connectivity index (χ1v) is 6.46. The lowest BCUT2D eigenvalue weighted by Crippen LogP contribution is -2.13. The van der Waals surface area contributed by atoms with Gasteiger partial charge in [-0.2, -0.15) is 0 Å². The lowest BCUT2D eigenvalue weighted by atomic mass is 10.2. The third-order valence-electron chi connectivity index (χ3n) is 2.45. The van der Waals surface area contributed by atoms with Crippen LogP contribution in [0.1, 0.15) is 10.4 Å². The van der Waals surface area contributed by atoms with Crippen LogP contribution in [0.25, 0.3) is 0 Å². The summed E-state index contributed by atoms with van der Waals surface area (Å²) in [4.78, 5) is 12.0. The van der Waals surface area contributed by atoms with Crippen LogP contribution < -0.4 is 5.32 Å². The molecule has 0 atom stereocenters. The summed E-state index contributed by atoms with van der Waals surface area (Å²) >= 11 is 17.3. The van der Waals surface area contributed by atoms with E-state index in [9.17, 15) is 14.3 Å². The average molecular weight is 335 g/mol. The number of aromatic hydroxyl groups is 1. The summed E-state index contributed by atoms with van der Waals surface area (Å²) in [6, 6.07) is 6.06. The van der Waals surface area contributed by atoms with Crippen molar-refractivity contribution in [3.8, 4) is 5.75 Å². The first-order valence-electron chi connectivity index (χ1n) is 5.33. The molecule has 0 heterocycles. The molecule has 2 rings (SSSR count). The number of hydrogen-bond donors (Lipinski definition) is 2. The zero-order valence-corrected chi connectivity index (χ0v) is 12.0. The van der Waals surface area contributed by atoms with Crippen LogP contribution in [0.5, 0.6) is 5.75 Å². The monoisotopic (exact) mass is 333 g/mol. The van der Waals surface area contributed by atoms with Crippen LogP contribution in [0.3, 0.4) is 0 Å². The number of nitrogens with one attached hydrogen (secondary N) is 1. The molecule has 1 amide bonds. The van der Waals surface area contributed by atoms with E-state index in [1.807, 2.05) is 0 Å². The van der Waals surface area contributed by atoms with Crippen molar-refractivity contribution in [2.45, 2.75) is 0 Å². The van der Waals surface area contributed by atoms with Gasteiger partial charge in [0.2, 0.25) is 0 Å². The lowest BCUT2D eigenvalue weighted by Gasteiger charge is -2.10. The smallest absolute Gasteiger partial charge is 0.259 e. The highest BCUT2D eigenvalue weighted by Crippen LogP contribution is 2.32. The summed E-state index contributed by atoms with van der Waals surface area (Å²) in [5.74, 6) is -1.55. The van der Waals surface area contributed by atoms with Crippen LogP contribution in [-0.2, 0) is 0 Å². The Morgan fingerprint density at radius 3 is 2.25 bits per heavy atom. The average Bonchev–Trinajstić information content (AvgIpc) is 2.33. The van der Waals surface area contributed by atoms with Gasteiger partial charge in [0.15, 0.2) is 0 Å². The number of rotatable bonds is 2. The van der Waals surface area contributed by atoms with E-state index in [2.05, 4.69) is 5.32 Å². The Kier molecular flexibility index (Phi) is 4.38. The van der Waals surface area contributed by atoms with Crippen molar-refractivity contribution in [3.05, 3.63) is 56.8 Å². The van der Waals surface area contributed by atoms with Gasteiger partial charge < -0.3 is 10.4 Å². The second-order valence-electron chi connectivity index (χ2n) is 3.86. The molecular weight excluding hydrogens is 328 g/mol. The predicted molar refractivity (Wildman–Crippen MR) is 77.5 cm³/mol. The van der Waals surface area contributed by atoms with Crippen LogP contribution >= 0.6 is 34.8 Å². The minimum absolute atomic E-state index is 0.00846. The maximum Gasteiger partial charge on any atom is 0.259 e. The van der Waals surface area contributed by atoms with E-state index < -0.39 is 11.7 Å². The number of carbonyl (C=O) groups is 1. The Morgan fingerprint density at radius 2 is 1.70 bits per heavy atom. The molecule has 0 aliphatic heterocycles. The number of halogens is 4. The summed E-state index contributed by atoms with van der Waals surface area (Å²) in [6.45, 7) is 0. The summed E-state index contributed by atoms with van der Waals surface area (Å²) in [5, 5.41) is 12.3. The Hall–Kier alpha value is -1.49.